The summed E-state index contributed by atoms with van der Waals surface area (Å²) in [6.45, 7) is 6.33. The van der Waals surface area contributed by atoms with Crippen molar-refractivity contribution in [3.8, 4) is 5.75 Å². The van der Waals surface area contributed by atoms with Crippen LogP contribution in [-0.2, 0) is 29.0 Å². The number of ether oxygens (including phenoxy) is 2. The molecule has 0 aromatic heterocycles. The number of aryl methyl sites for hydroxylation is 1. The molecule has 1 unspecified atom stereocenters. The summed E-state index contributed by atoms with van der Waals surface area (Å²) >= 11 is 0. The van der Waals surface area contributed by atoms with Gasteiger partial charge in [-0.1, -0.05) is 36.4 Å². The zero-order chi connectivity index (χ0) is 19.8. The number of methoxy groups -OCH3 is 1. The number of hydrogen-bond acceptors (Lipinski definition) is 4. The molecule has 1 heterocycles. The van der Waals surface area contributed by atoms with E-state index in [0.717, 1.165) is 49.5 Å². The van der Waals surface area contributed by atoms with Crippen LogP contribution >= 0.6 is 0 Å². The van der Waals surface area contributed by atoms with Crippen LogP contribution in [0.25, 0.3) is 0 Å². The summed E-state index contributed by atoms with van der Waals surface area (Å²) < 4.78 is 10.8. The van der Waals surface area contributed by atoms with Crippen LogP contribution in [0.3, 0.4) is 0 Å². The van der Waals surface area contributed by atoms with E-state index in [9.17, 15) is 4.79 Å². The van der Waals surface area contributed by atoms with Crippen molar-refractivity contribution in [3.63, 3.8) is 0 Å². The standard InChI is InChI=1S/C23H30N2O3/c1-18-16-25(12-13-28-18)17-21-5-3-4-20(14-21)15-24-23(26)11-8-19-6-9-22(27-2)10-7-19/h3-7,9-10,14,18H,8,11-13,15-17H2,1-2H3,(H,24,26). The number of benzene rings is 2. The van der Waals surface area contributed by atoms with Gasteiger partial charge in [0.25, 0.3) is 0 Å². The fourth-order valence-electron chi connectivity index (χ4n) is 3.47. The van der Waals surface area contributed by atoms with Crippen LogP contribution in [0, 0.1) is 0 Å². The van der Waals surface area contributed by atoms with Crippen molar-refractivity contribution >= 4 is 5.91 Å². The number of rotatable bonds is 8. The maximum absolute atomic E-state index is 12.2. The zero-order valence-corrected chi connectivity index (χ0v) is 16.8. The maximum atomic E-state index is 12.2. The molecule has 1 saturated heterocycles. The average molecular weight is 383 g/mol. The van der Waals surface area contributed by atoms with Crippen molar-refractivity contribution in [2.75, 3.05) is 26.8 Å². The molecule has 5 heteroatoms. The van der Waals surface area contributed by atoms with Crippen LogP contribution in [-0.4, -0.2) is 43.7 Å². The van der Waals surface area contributed by atoms with Gasteiger partial charge in [0, 0.05) is 32.6 Å². The van der Waals surface area contributed by atoms with E-state index < -0.39 is 0 Å². The minimum absolute atomic E-state index is 0.0724. The van der Waals surface area contributed by atoms with Crippen LogP contribution < -0.4 is 10.1 Å². The summed E-state index contributed by atoms with van der Waals surface area (Å²) in [6.07, 6.45) is 1.50. The summed E-state index contributed by atoms with van der Waals surface area (Å²) in [5, 5.41) is 3.03. The normalized spacial score (nSPS) is 17.3. The highest BCUT2D eigenvalue weighted by atomic mass is 16.5. The molecule has 1 N–H and O–H groups in total. The lowest BCUT2D eigenvalue weighted by Gasteiger charge is -2.31. The van der Waals surface area contributed by atoms with Crippen molar-refractivity contribution < 1.29 is 14.3 Å². The van der Waals surface area contributed by atoms with Gasteiger partial charge in [-0.3, -0.25) is 9.69 Å². The van der Waals surface area contributed by atoms with Gasteiger partial charge in [0.2, 0.25) is 5.91 Å². The van der Waals surface area contributed by atoms with Gasteiger partial charge in [-0.2, -0.15) is 0 Å². The molecule has 1 amide bonds. The molecule has 0 radical (unpaired) electrons. The Morgan fingerprint density at radius 2 is 1.96 bits per heavy atom. The van der Waals surface area contributed by atoms with Gasteiger partial charge in [-0.15, -0.1) is 0 Å². The highest BCUT2D eigenvalue weighted by Gasteiger charge is 2.16. The summed E-state index contributed by atoms with van der Waals surface area (Å²) in [5.41, 5.74) is 3.55. The second-order valence-corrected chi connectivity index (χ2v) is 7.36. The SMILES string of the molecule is COc1ccc(CCC(=O)NCc2cccc(CN3CCOC(C)C3)c2)cc1. The van der Waals surface area contributed by atoms with Gasteiger partial charge in [0.1, 0.15) is 5.75 Å². The predicted octanol–water partition coefficient (Wildman–Crippen LogP) is 3.16. The molecule has 1 fully saturated rings. The fourth-order valence-corrected chi connectivity index (χ4v) is 3.47. The average Bonchev–Trinajstić information content (AvgIpc) is 2.71. The molecule has 0 bridgehead atoms. The van der Waals surface area contributed by atoms with Gasteiger partial charge >= 0.3 is 0 Å². The molecule has 5 nitrogen and oxygen atoms in total. The Morgan fingerprint density at radius 1 is 1.18 bits per heavy atom. The Balaban J connectivity index is 1.43. The predicted molar refractivity (Wildman–Crippen MR) is 110 cm³/mol. The first-order valence-corrected chi connectivity index (χ1v) is 9.94. The summed E-state index contributed by atoms with van der Waals surface area (Å²) in [5.74, 6) is 0.905. The Kier molecular flexibility index (Phi) is 7.46. The number of nitrogens with zero attached hydrogens (tertiary/aromatic N) is 1. The van der Waals surface area contributed by atoms with Crippen LogP contribution in [0.15, 0.2) is 48.5 Å². The third-order valence-electron chi connectivity index (χ3n) is 5.01. The van der Waals surface area contributed by atoms with E-state index in [2.05, 4.69) is 41.4 Å². The number of carbonyl (C=O) groups excluding carboxylic acids is 1. The summed E-state index contributed by atoms with van der Waals surface area (Å²) in [7, 11) is 1.65. The summed E-state index contributed by atoms with van der Waals surface area (Å²) in [6, 6.07) is 16.3. The van der Waals surface area contributed by atoms with Crippen molar-refractivity contribution in [1.82, 2.24) is 10.2 Å². The molecule has 2 aromatic carbocycles. The Hall–Kier alpha value is -2.37. The number of carbonyl (C=O) groups is 1. The second-order valence-electron chi connectivity index (χ2n) is 7.36. The minimum Gasteiger partial charge on any atom is -0.497 e. The zero-order valence-electron chi connectivity index (χ0n) is 16.8. The number of amides is 1. The fraction of sp³-hybridized carbons (Fsp3) is 0.435. The van der Waals surface area contributed by atoms with Crippen molar-refractivity contribution in [1.29, 1.82) is 0 Å². The van der Waals surface area contributed by atoms with Crippen molar-refractivity contribution in [3.05, 3.63) is 65.2 Å². The monoisotopic (exact) mass is 382 g/mol. The molecule has 0 spiro atoms. The minimum atomic E-state index is 0.0724. The van der Waals surface area contributed by atoms with E-state index >= 15 is 0 Å². The molecule has 28 heavy (non-hydrogen) atoms. The highest BCUT2D eigenvalue weighted by Crippen LogP contribution is 2.14. The highest BCUT2D eigenvalue weighted by molar-refractivity contribution is 5.76. The third kappa shape index (κ3) is 6.36. The topological polar surface area (TPSA) is 50.8 Å². The first-order valence-electron chi connectivity index (χ1n) is 9.94. The van der Waals surface area contributed by atoms with Gasteiger partial charge in [0.05, 0.1) is 19.8 Å². The molecular weight excluding hydrogens is 352 g/mol. The van der Waals surface area contributed by atoms with Crippen molar-refractivity contribution in [2.45, 2.75) is 39.0 Å². The molecule has 3 rings (SSSR count). The number of nitrogens with one attached hydrogen (secondary N) is 1. The molecule has 1 aliphatic heterocycles. The first kappa shape index (κ1) is 20.4. The molecule has 2 aromatic rings. The largest absolute Gasteiger partial charge is 0.497 e. The van der Waals surface area contributed by atoms with E-state index in [1.54, 1.807) is 7.11 Å². The second kappa shape index (κ2) is 10.2. The van der Waals surface area contributed by atoms with Crippen LogP contribution in [0.2, 0.25) is 0 Å². The Morgan fingerprint density at radius 3 is 2.71 bits per heavy atom. The smallest absolute Gasteiger partial charge is 0.220 e. The van der Waals surface area contributed by atoms with Crippen LogP contribution in [0.4, 0.5) is 0 Å². The Bertz CT molecular complexity index is 761. The number of morpholine rings is 1. The van der Waals surface area contributed by atoms with E-state index in [1.807, 2.05) is 24.3 Å². The van der Waals surface area contributed by atoms with Gasteiger partial charge < -0.3 is 14.8 Å². The maximum Gasteiger partial charge on any atom is 0.220 e. The van der Waals surface area contributed by atoms with Gasteiger partial charge in [0.15, 0.2) is 0 Å². The third-order valence-corrected chi connectivity index (χ3v) is 5.01. The summed E-state index contributed by atoms with van der Waals surface area (Å²) in [4.78, 5) is 14.6. The van der Waals surface area contributed by atoms with E-state index in [4.69, 9.17) is 9.47 Å². The number of hydrogen-bond donors (Lipinski definition) is 1. The first-order chi connectivity index (χ1) is 13.6. The molecule has 0 saturated carbocycles. The van der Waals surface area contributed by atoms with E-state index in [1.165, 1.54) is 5.56 Å². The van der Waals surface area contributed by atoms with Gasteiger partial charge in [-0.25, -0.2) is 0 Å². The van der Waals surface area contributed by atoms with Crippen LogP contribution in [0.5, 0.6) is 5.75 Å². The molecule has 1 aliphatic rings. The molecule has 1 atom stereocenters. The lowest BCUT2D eigenvalue weighted by Crippen LogP contribution is -2.40. The van der Waals surface area contributed by atoms with Crippen LogP contribution in [0.1, 0.15) is 30.0 Å². The molecular formula is C23H30N2O3. The van der Waals surface area contributed by atoms with E-state index in [0.29, 0.717) is 19.1 Å². The van der Waals surface area contributed by atoms with Gasteiger partial charge in [-0.05, 0) is 42.2 Å². The van der Waals surface area contributed by atoms with E-state index in [-0.39, 0.29) is 5.91 Å². The lowest BCUT2D eigenvalue weighted by molar-refractivity contribution is -0.121. The van der Waals surface area contributed by atoms with Crippen molar-refractivity contribution in [2.24, 2.45) is 0 Å². The molecule has 0 aliphatic carbocycles. The molecule has 150 valence electrons. The Labute approximate surface area is 167 Å². The quantitative estimate of drug-likeness (QED) is 0.762. The lowest BCUT2D eigenvalue weighted by atomic mass is 10.1.